The Kier molecular flexibility index (Phi) is 40.5. The summed E-state index contributed by atoms with van der Waals surface area (Å²) >= 11 is 0. The number of aromatic hydroxyl groups is 2. The van der Waals surface area contributed by atoms with Crippen molar-refractivity contribution in [2.24, 2.45) is 23.1 Å². The molecule has 0 aliphatic carbocycles. The molecule has 31 N–H and O–H groups in total. The lowest BCUT2D eigenvalue weighted by molar-refractivity contribution is -0.147. The molecule has 0 spiro atoms. The highest BCUT2D eigenvalue weighted by Gasteiger charge is 2.44. The summed E-state index contributed by atoms with van der Waals surface area (Å²) in [5.74, 6) is -22.2. The molecular formula is C71H109N19O27. The van der Waals surface area contributed by atoms with Gasteiger partial charge in [-0.1, -0.05) is 38.1 Å². The van der Waals surface area contributed by atoms with Crippen molar-refractivity contribution in [2.45, 2.75) is 228 Å². The van der Waals surface area contributed by atoms with Gasteiger partial charge in [0.05, 0.1) is 50.1 Å². The van der Waals surface area contributed by atoms with E-state index in [0.29, 0.717) is 11.1 Å². The van der Waals surface area contributed by atoms with Crippen LogP contribution >= 0.6 is 0 Å². The number of carboxylic acids is 2. The first kappa shape index (κ1) is 99.2. The standard InChI is InChI=1S/C71H109N19O27/c1-30(2)51(85-61(107)44(26-38-15-19-40(98)20-16-38)81-57(103)32(4)77-56(102)31(3)78-59(105)43(21-22-49(73)99)80-65(111)52(33(5)93)86-58(104)41(72)25-37-13-17-39(97)18-14-37)64(110)88-55(36(8)96)68(114)89-54(35(7)95)67(113)83-46(28-91)62(108)82-45(27-50(100)101)69(115)90-24-10-12-48(90)63(109)87-53(34(6)94)66(112)79-42(11-9-23-76-71(74)75)60(106)84-47(29-92)70(116)117/h13-20,30-36,41-48,51-55,91-98H,9-12,21-29,72H2,1-8H3,(H2,73,99)(H,77,102)(H,78,105)(H,79,112)(H,80,111)(H,81,103)(H,82,108)(H,83,113)(H,84,106)(H,85,107)(H,86,104)(H,87,109)(H,88,110)(H,89,114)(H,100,101)(H,116,117)(H4,74,75,76)/t31-,32-,33+,34+,35+,36+,41-,42-,43-,44-,45-,46-,47-,48-,51-,52-,53-,54-,55-/m0/s1. The van der Waals surface area contributed by atoms with Gasteiger partial charge in [-0.3, -0.25) is 82.1 Å². The van der Waals surface area contributed by atoms with Crippen LogP contribution < -0.4 is 91.6 Å². The fourth-order valence-corrected chi connectivity index (χ4v) is 11.5. The molecule has 2 aromatic carbocycles. The minimum Gasteiger partial charge on any atom is -0.508 e. The summed E-state index contributed by atoms with van der Waals surface area (Å²) in [4.78, 5) is 230. The maximum absolute atomic E-state index is 14.4. The van der Waals surface area contributed by atoms with E-state index in [4.69, 9.17) is 22.6 Å². The molecule has 1 fully saturated rings. The summed E-state index contributed by atoms with van der Waals surface area (Å²) in [7, 11) is 0. The third kappa shape index (κ3) is 32.7. The average molecular weight is 1660 g/mol. The van der Waals surface area contributed by atoms with Crippen LogP contribution in [0.1, 0.15) is 111 Å². The number of amides is 15. The number of phenols is 2. The zero-order valence-corrected chi connectivity index (χ0v) is 65.4. The van der Waals surface area contributed by atoms with Gasteiger partial charge in [0, 0.05) is 25.9 Å². The number of guanidine groups is 1. The van der Waals surface area contributed by atoms with Gasteiger partial charge in [-0.2, -0.15) is 0 Å². The van der Waals surface area contributed by atoms with Crippen molar-refractivity contribution in [3.8, 4) is 11.5 Å². The molecule has 19 atom stereocenters. The van der Waals surface area contributed by atoms with Crippen LogP contribution in [0.4, 0.5) is 0 Å². The van der Waals surface area contributed by atoms with E-state index in [0.717, 1.165) is 32.6 Å². The summed E-state index contributed by atoms with van der Waals surface area (Å²) in [6.45, 7) is 6.76. The molecule has 1 heterocycles. The lowest BCUT2D eigenvalue weighted by Crippen LogP contribution is -2.64. The van der Waals surface area contributed by atoms with Gasteiger partial charge in [0.15, 0.2) is 5.96 Å². The molecule has 3 rings (SSSR count). The molecule has 0 bridgehead atoms. The van der Waals surface area contributed by atoms with Gasteiger partial charge in [-0.15, -0.1) is 0 Å². The van der Waals surface area contributed by atoms with Crippen LogP contribution in [0.25, 0.3) is 0 Å². The Hall–Kier alpha value is -12.0. The number of carbonyl (C=O) groups excluding carboxylic acids is 15. The van der Waals surface area contributed by atoms with Crippen LogP contribution in [0.2, 0.25) is 0 Å². The molecule has 46 nitrogen and oxygen atoms in total. The Morgan fingerprint density at radius 3 is 1.28 bits per heavy atom. The number of aliphatic hydroxyl groups is 6. The van der Waals surface area contributed by atoms with E-state index in [1.54, 1.807) is 0 Å². The van der Waals surface area contributed by atoms with Crippen molar-refractivity contribution < 1.29 is 133 Å². The number of rotatable bonds is 48. The van der Waals surface area contributed by atoms with Gasteiger partial charge < -0.3 is 148 Å². The number of aliphatic carboxylic acids is 2. The number of carboxylic acid groups (broad SMARTS) is 2. The Bertz CT molecular complexity index is 3830. The molecule has 46 heteroatoms. The predicted octanol–water partition coefficient (Wildman–Crippen LogP) is -11.2. The smallest absolute Gasteiger partial charge is 0.328 e. The molecular weight excluding hydrogens is 1550 g/mol. The molecule has 0 radical (unpaired) electrons. The van der Waals surface area contributed by atoms with E-state index < -0.39 is 260 Å². The zero-order chi connectivity index (χ0) is 88.6. The highest BCUT2D eigenvalue weighted by Crippen LogP contribution is 2.21. The van der Waals surface area contributed by atoms with Crippen LogP contribution in [0.3, 0.4) is 0 Å². The highest BCUT2D eigenvalue weighted by atomic mass is 16.4. The van der Waals surface area contributed by atoms with E-state index >= 15 is 0 Å². The highest BCUT2D eigenvalue weighted by molar-refractivity contribution is 6.01. The second kappa shape index (κ2) is 47.8. The topological polar surface area (TPSA) is 766 Å². The number of nitrogens with zero attached hydrogens (tertiary/aromatic N) is 1. The van der Waals surface area contributed by atoms with Gasteiger partial charge in [-0.05, 0) is 121 Å². The lowest BCUT2D eigenvalue weighted by atomic mass is 9.99. The quantitative estimate of drug-likeness (QED) is 0.0166. The van der Waals surface area contributed by atoms with Crippen LogP contribution in [0.15, 0.2) is 48.5 Å². The first-order valence-electron chi connectivity index (χ1n) is 37.0. The predicted molar refractivity (Wildman–Crippen MR) is 406 cm³/mol. The van der Waals surface area contributed by atoms with Crippen LogP contribution in [0.5, 0.6) is 11.5 Å². The summed E-state index contributed by atoms with van der Waals surface area (Å²) in [6.07, 6.45) is -9.99. The number of hydrogen-bond donors (Lipinski definition) is 28. The number of nitrogens with two attached hydrogens (primary N) is 3. The Labute approximate surface area is 670 Å². The normalized spacial score (nSPS) is 17.1. The minimum absolute atomic E-state index is 0.0159. The SMILES string of the molecule is CC(C)[C@H](NC(=O)[C@H](Cc1ccc(O)cc1)NC(=O)[C@H](C)NC(=O)[C@H](C)NC(=O)[C@H](CCC(N)=O)NC(=O)[C@@H](NC(=O)[C@@H](N)Cc1ccc(O)cc1)[C@@H](C)O)C(=O)N[C@H](C(=O)N[C@H](C(=O)N[C@@H](CO)C(=O)N[C@@H](CC(=O)O)C(=O)N1CCC[C@H]1C(=O)N[C@H](C(=O)N[C@@H](CCCNC(=N)N)C(=O)N[C@@H](CO)C(=O)O)[C@@H](C)O)[C@@H](C)O)[C@@H](C)O. The Balaban J connectivity index is 1.78. The van der Waals surface area contributed by atoms with E-state index in [1.165, 1.54) is 76.2 Å². The molecule has 15 amide bonds. The molecule has 0 aromatic heterocycles. The molecule has 1 aliphatic heterocycles. The molecule has 2 aromatic rings. The van der Waals surface area contributed by atoms with Crippen molar-refractivity contribution in [2.75, 3.05) is 26.3 Å². The number of phenolic OH excluding ortho intramolecular Hbond substituents is 2. The minimum atomic E-state index is -2.13. The lowest BCUT2D eigenvalue weighted by Gasteiger charge is -2.31. The second-order valence-electron chi connectivity index (χ2n) is 28.3. The maximum Gasteiger partial charge on any atom is 0.328 e. The van der Waals surface area contributed by atoms with E-state index in [1.807, 2.05) is 10.6 Å². The van der Waals surface area contributed by atoms with Crippen molar-refractivity contribution in [1.29, 1.82) is 5.41 Å². The number of likely N-dealkylation sites (tertiary alicyclic amines) is 1. The van der Waals surface area contributed by atoms with E-state index in [-0.39, 0.29) is 63.1 Å². The van der Waals surface area contributed by atoms with Gasteiger partial charge in [0.1, 0.15) is 96.1 Å². The van der Waals surface area contributed by atoms with Crippen LogP contribution in [-0.2, 0) is 94.3 Å². The van der Waals surface area contributed by atoms with Gasteiger partial charge in [0.25, 0.3) is 0 Å². The number of benzene rings is 2. The molecule has 117 heavy (non-hydrogen) atoms. The Morgan fingerprint density at radius 2 is 0.829 bits per heavy atom. The number of aliphatic hydroxyl groups excluding tert-OH is 6. The molecule has 1 aliphatic rings. The van der Waals surface area contributed by atoms with Crippen molar-refractivity contribution >= 4 is 107 Å². The molecule has 0 saturated carbocycles. The third-order valence-corrected chi connectivity index (χ3v) is 18.1. The van der Waals surface area contributed by atoms with Crippen molar-refractivity contribution in [1.82, 2.24) is 79.3 Å². The molecule has 650 valence electrons. The van der Waals surface area contributed by atoms with E-state index in [9.17, 15) is 133 Å². The summed E-state index contributed by atoms with van der Waals surface area (Å²) < 4.78 is 0. The van der Waals surface area contributed by atoms with Crippen molar-refractivity contribution in [3.63, 3.8) is 0 Å². The summed E-state index contributed by atoms with van der Waals surface area (Å²) in [5.41, 5.74) is 17.5. The largest absolute Gasteiger partial charge is 0.508 e. The average Bonchev–Trinajstić information content (AvgIpc) is 1.71. The summed E-state index contributed by atoms with van der Waals surface area (Å²) in [5, 5.41) is 141. The number of primary amides is 1. The summed E-state index contributed by atoms with van der Waals surface area (Å²) in [6, 6.07) is -15.2. The van der Waals surface area contributed by atoms with Crippen molar-refractivity contribution in [3.05, 3.63) is 59.7 Å². The number of nitrogens with one attached hydrogen (secondary N) is 15. The first-order chi connectivity index (χ1) is 54.7. The van der Waals surface area contributed by atoms with Crippen LogP contribution in [0, 0.1) is 11.3 Å². The fraction of sp³-hybridized carbons (Fsp3) is 0.577. The van der Waals surface area contributed by atoms with Gasteiger partial charge >= 0.3 is 11.9 Å². The van der Waals surface area contributed by atoms with E-state index in [2.05, 4.69) is 63.8 Å². The molecule has 0 unspecified atom stereocenters. The monoisotopic (exact) mass is 1660 g/mol. The maximum atomic E-state index is 14.4. The zero-order valence-electron chi connectivity index (χ0n) is 65.4. The third-order valence-electron chi connectivity index (χ3n) is 18.1. The molecule has 1 saturated heterocycles. The van der Waals surface area contributed by atoms with Crippen LogP contribution in [-0.4, -0.2) is 304 Å². The second-order valence-corrected chi connectivity index (χ2v) is 28.3. The van der Waals surface area contributed by atoms with Gasteiger partial charge in [-0.25, -0.2) is 4.79 Å². The first-order valence-corrected chi connectivity index (χ1v) is 37.0. The fourth-order valence-electron chi connectivity index (χ4n) is 11.5. The Morgan fingerprint density at radius 1 is 0.453 bits per heavy atom. The van der Waals surface area contributed by atoms with Gasteiger partial charge in [0.2, 0.25) is 88.6 Å². The number of hydrogen-bond acceptors (Lipinski definition) is 27. The number of carbonyl (C=O) groups is 17.